The fourth-order valence-electron chi connectivity index (χ4n) is 8.32. The number of fused-ring (bicyclic) bond motifs is 9. The molecule has 52 heavy (non-hydrogen) atoms. The second kappa shape index (κ2) is 11.5. The predicted molar refractivity (Wildman–Crippen MR) is 225 cm³/mol. The molecule has 11 rings (SSSR count). The van der Waals surface area contributed by atoms with Gasteiger partial charge in [0.15, 0.2) is 0 Å². The first-order chi connectivity index (χ1) is 25.8. The molecule has 2 heterocycles. The van der Waals surface area contributed by atoms with Crippen LogP contribution in [0.15, 0.2) is 188 Å². The van der Waals surface area contributed by atoms with E-state index in [0.717, 1.165) is 5.69 Å². The number of hydrogen-bond acceptors (Lipinski definition) is 1. The summed E-state index contributed by atoms with van der Waals surface area (Å²) in [5.41, 5.74) is 10.9. The van der Waals surface area contributed by atoms with Crippen LogP contribution >= 0.6 is 11.3 Å². The highest BCUT2D eigenvalue weighted by Gasteiger charge is 2.17. The summed E-state index contributed by atoms with van der Waals surface area (Å²) < 4.78 is 5.12. The Hall–Kier alpha value is -6.48. The predicted octanol–water partition coefficient (Wildman–Crippen LogP) is 14.5. The summed E-state index contributed by atoms with van der Waals surface area (Å²) in [5, 5.41) is 10.3. The molecule has 0 saturated heterocycles. The normalized spacial score (nSPS) is 11.8. The molecule has 11 aromatic rings. The molecule has 2 aromatic heterocycles. The smallest absolute Gasteiger partial charge is 0.0541 e. The van der Waals surface area contributed by atoms with Gasteiger partial charge in [-0.15, -0.1) is 11.3 Å². The number of benzene rings is 9. The number of thiophene rings is 1. The molecule has 242 valence electrons. The van der Waals surface area contributed by atoms with Crippen molar-refractivity contribution in [1.82, 2.24) is 4.57 Å². The van der Waals surface area contributed by atoms with E-state index in [1.54, 1.807) is 0 Å². The van der Waals surface area contributed by atoms with Gasteiger partial charge < -0.3 is 4.57 Å². The van der Waals surface area contributed by atoms with Crippen molar-refractivity contribution >= 4 is 74.9 Å². The summed E-state index contributed by atoms with van der Waals surface area (Å²) >= 11 is 1.88. The zero-order valence-electron chi connectivity index (χ0n) is 28.3. The fourth-order valence-corrected chi connectivity index (χ4v) is 9.45. The first kappa shape index (κ1) is 29.3. The van der Waals surface area contributed by atoms with Gasteiger partial charge in [0.1, 0.15) is 0 Å². The average Bonchev–Trinajstić information content (AvgIpc) is 3.75. The topological polar surface area (TPSA) is 4.93 Å². The van der Waals surface area contributed by atoms with E-state index in [-0.39, 0.29) is 0 Å². The fraction of sp³-hybridized carbons (Fsp3) is 0. The first-order valence-corrected chi connectivity index (χ1v) is 18.7. The molecular weight excluding hydrogens is 647 g/mol. The van der Waals surface area contributed by atoms with Crippen molar-refractivity contribution in [1.29, 1.82) is 0 Å². The molecule has 0 aliphatic rings. The summed E-state index contributed by atoms with van der Waals surface area (Å²) in [7, 11) is 0. The van der Waals surface area contributed by atoms with Gasteiger partial charge in [-0.05, 0) is 116 Å². The van der Waals surface area contributed by atoms with E-state index in [0.29, 0.717) is 0 Å². The van der Waals surface area contributed by atoms with Gasteiger partial charge in [-0.25, -0.2) is 0 Å². The maximum Gasteiger partial charge on any atom is 0.0541 e. The Morgan fingerprint density at radius 3 is 1.67 bits per heavy atom. The van der Waals surface area contributed by atoms with Gasteiger partial charge >= 0.3 is 0 Å². The third-order valence-corrected chi connectivity index (χ3v) is 11.9. The van der Waals surface area contributed by atoms with Gasteiger partial charge in [0.25, 0.3) is 0 Å². The number of aromatic nitrogens is 1. The second-order valence-corrected chi connectivity index (χ2v) is 14.8. The zero-order chi connectivity index (χ0) is 34.2. The van der Waals surface area contributed by atoms with Crippen molar-refractivity contribution in [2.45, 2.75) is 0 Å². The summed E-state index contributed by atoms with van der Waals surface area (Å²) in [5.74, 6) is 0. The Morgan fingerprint density at radius 1 is 0.308 bits per heavy atom. The molecule has 9 aromatic carbocycles. The minimum atomic E-state index is 1.16. The van der Waals surface area contributed by atoms with Crippen LogP contribution in [0.5, 0.6) is 0 Å². The SMILES string of the molecule is c1ccc(-c2cc(-c3ccccc3)cc(-n3c4ccccc4c4cc(-c5cc6cc7sc8ccccc8c7cc6c6ccccc56)ccc43)c2)cc1. The average molecular weight is 678 g/mol. The Morgan fingerprint density at radius 2 is 0.923 bits per heavy atom. The lowest BCUT2D eigenvalue weighted by Crippen LogP contribution is -1.96. The van der Waals surface area contributed by atoms with Crippen LogP contribution in [0.3, 0.4) is 0 Å². The third-order valence-electron chi connectivity index (χ3n) is 10.7. The van der Waals surface area contributed by atoms with E-state index < -0.39 is 0 Å². The van der Waals surface area contributed by atoms with E-state index in [4.69, 9.17) is 0 Å². The molecule has 0 aliphatic carbocycles. The summed E-state index contributed by atoms with van der Waals surface area (Å²) in [4.78, 5) is 0. The van der Waals surface area contributed by atoms with Gasteiger partial charge in [-0.1, -0.05) is 127 Å². The van der Waals surface area contributed by atoms with Crippen molar-refractivity contribution in [2.75, 3.05) is 0 Å². The Kier molecular flexibility index (Phi) is 6.49. The number of para-hydroxylation sites is 1. The Bertz CT molecular complexity index is 3110. The van der Waals surface area contributed by atoms with Gasteiger partial charge in [0.05, 0.1) is 11.0 Å². The number of hydrogen-bond donors (Lipinski definition) is 0. The highest BCUT2D eigenvalue weighted by Crippen LogP contribution is 2.43. The lowest BCUT2D eigenvalue weighted by atomic mass is 9.92. The van der Waals surface area contributed by atoms with Crippen LogP contribution in [0.4, 0.5) is 0 Å². The molecule has 1 nitrogen and oxygen atoms in total. The van der Waals surface area contributed by atoms with Gasteiger partial charge in [-0.2, -0.15) is 0 Å². The maximum atomic E-state index is 2.45. The van der Waals surface area contributed by atoms with E-state index in [1.165, 1.54) is 96.9 Å². The van der Waals surface area contributed by atoms with Crippen LogP contribution in [-0.2, 0) is 0 Å². The maximum absolute atomic E-state index is 2.45. The quantitative estimate of drug-likeness (QED) is 0.163. The molecule has 0 aliphatic heterocycles. The number of rotatable bonds is 4. The Labute approximate surface area is 305 Å². The second-order valence-electron chi connectivity index (χ2n) is 13.7. The molecule has 0 N–H and O–H groups in total. The van der Waals surface area contributed by atoms with Gasteiger partial charge in [0, 0.05) is 36.6 Å². The first-order valence-electron chi connectivity index (χ1n) is 17.8. The lowest BCUT2D eigenvalue weighted by molar-refractivity contribution is 1.18. The minimum Gasteiger partial charge on any atom is -0.309 e. The molecule has 0 amide bonds. The number of nitrogens with zero attached hydrogens (tertiary/aromatic N) is 1. The summed E-state index contributed by atoms with van der Waals surface area (Å²) in [6.07, 6.45) is 0. The summed E-state index contributed by atoms with van der Waals surface area (Å²) in [6.45, 7) is 0. The van der Waals surface area contributed by atoms with Gasteiger partial charge in [0.2, 0.25) is 0 Å². The van der Waals surface area contributed by atoms with Gasteiger partial charge in [-0.3, -0.25) is 0 Å². The van der Waals surface area contributed by atoms with Crippen molar-refractivity contribution in [3.05, 3.63) is 188 Å². The molecular formula is C50H31NS. The highest BCUT2D eigenvalue weighted by molar-refractivity contribution is 7.25. The van der Waals surface area contributed by atoms with E-state index >= 15 is 0 Å². The van der Waals surface area contributed by atoms with Crippen LogP contribution in [-0.4, -0.2) is 4.57 Å². The lowest BCUT2D eigenvalue weighted by Gasteiger charge is -2.14. The standard InChI is InChI=1S/C50H31NS/c1-3-13-32(14-4-1)35-25-36(33-15-5-2-6-16-33)27-38(26-35)51-47-21-11-9-19-41(47)45-28-34(23-24-48(45)51)43-29-37-30-50-46(42-20-10-12-22-49(42)52-50)31-44(37)40-18-8-7-17-39(40)43/h1-31H. The Balaban J connectivity index is 1.15. The highest BCUT2D eigenvalue weighted by atomic mass is 32.1. The molecule has 0 unspecified atom stereocenters. The zero-order valence-corrected chi connectivity index (χ0v) is 29.1. The van der Waals surface area contributed by atoms with Crippen LogP contribution in [0, 0.1) is 0 Å². The largest absolute Gasteiger partial charge is 0.309 e. The van der Waals surface area contributed by atoms with Crippen molar-refractivity contribution in [2.24, 2.45) is 0 Å². The molecule has 0 spiro atoms. The third kappa shape index (κ3) is 4.55. The van der Waals surface area contributed by atoms with Crippen molar-refractivity contribution < 1.29 is 0 Å². The van der Waals surface area contributed by atoms with Crippen LogP contribution in [0.25, 0.3) is 103 Å². The van der Waals surface area contributed by atoms with E-state index in [1.807, 2.05) is 11.3 Å². The molecule has 0 bridgehead atoms. The molecule has 0 atom stereocenters. The van der Waals surface area contributed by atoms with Crippen LogP contribution in [0.2, 0.25) is 0 Å². The van der Waals surface area contributed by atoms with Crippen LogP contribution in [0.1, 0.15) is 0 Å². The van der Waals surface area contributed by atoms with E-state index in [9.17, 15) is 0 Å². The molecule has 0 fully saturated rings. The molecule has 0 saturated carbocycles. The molecule has 2 heteroatoms. The van der Waals surface area contributed by atoms with Crippen molar-refractivity contribution in [3.63, 3.8) is 0 Å². The van der Waals surface area contributed by atoms with Crippen LogP contribution < -0.4 is 0 Å². The minimum absolute atomic E-state index is 1.16. The summed E-state index contributed by atoms with van der Waals surface area (Å²) in [6, 6.07) is 69.3. The van der Waals surface area contributed by atoms with Crippen molar-refractivity contribution in [3.8, 4) is 39.1 Å². The molecule has 0 radical (unpaired) electrons. The van der Waals surface area contributed by atoms with E-state index in [2.05, 4.69) is 193 Å². The monoisotopic (exact) mass is 677 g/mol.